The Kier molecular flexibility index (Phi) is 3.19. The third kappa shape index (κ3) is 2.28. The monoisotopic (exact) mass is 304 g/mol. The summed E-state index contributed by atoms with van der Waals surface area (Å²) < 4.78 is 0. The largest absolute Gasteiger partial charge is 0.371 e. The maximum absolute atomic E-state index is 2.68. The van der Waals surface area contributed by atoms with Crippen molar-refractivity contribution in [3.8, 4) is 0 Å². The number of benzene rings is 2. The zero-order valence-electron chi connectivity index (χ0n) is 13.6. The number of likely N-dealkylation sites (tertiary alicyclic amines) is 1. The molecule has 2 nitrogen and oxygen atoms in total. The molecule has 2 heteroatoms. The van der Waals surface area contributed by atoms with E-state index in [1.54, 1.807) is 16.8 Å². The average Bonchev–Trinajstić information content (AvgIpc) is 2.99. The highest BCUT2D eigenvalue weighted by molar-refractivity contribution is 5.64. The molecule has 2 aromatic carbocycles. The van der Waals surface area contributed by atoms with Crippen molar-refractivity contribution < 1.29 is 0 Å². The van der Waals surface area contributed by atoms with E-state index < -0.39 is 0 Å². The topological polar surface area (TPSA) is 6.48 Å². The first kappa shape index (κ1) is 13.6. The van der Waals surface area contributed by atoms with Gasteiger partial charge in [0, 0.05) is 44.3 Å². The minimum absolute atomic E-state index is 0.739. The lowest BCUT2D eigenvalue weighted by Crippen LogP contribution is -2.40. The van der Waals surface area contributed by atoms with Crippen LogP contribution in [0.3, 0.4) is 0 Å². The van der Waals surface area contributed by atoms with Gasteiger partial charge in [-0.3, -0.25) is 4.90 Å². The van der Waals surface area contributed by atoms with E-state index in [4.69, 9.17) is 0 Å². The van der Waals surface area contributed by atoms with Crippen LogP contribution >= 0.6 is 0 Å². The van der Waals surface area contributed by atoms with E-state index in [2.05, 4.69) is 58.3 Å². The minimum Gasteiger partial charge on any atom is -0.371 e. The van der Waals surface area contributed by atoms with Crippen molar-refractivity contribution in [2.75, 3.05) is 31.1 Å². The highest BCUT2D eigenvalue weighted by Gasteiger charge is 2.41. The summed E-state index contributed by atoms with van der Waals surface area (Å²) in [6, 6.07) is 18.0. The fraction of sp³-hybridized carbons (Fsp3) is 0.429. The summed E-state index contributed by atoms with van der Waals surface area (Å²) in [5, 5.41) is 0. The van der Waals surface area contributed by atoms with Crippen molar-refractivity contribution in [1.29, 1.82) is 0 Å². The number of rotatable bonds is 2. The van der Waals surface area contributed by atoms with Gasteiger partial charge in [0.1, 0.15) is 0 Å². The molecule has 1 saturated heterocycles. The van der Waals surface area contributed by atoms with Gasteiger partial charge in [0.05, 0.1) is 0 Å². The van der Waals surface area contributed by atoms with E-state index in [0.717, 1.165) is 18.4 Å². The van der Waals surface area contributed by atoms with Crippen LogP contribution in [0.5, 0.6) is 0 Å². The van der Waals surface area contributed by atoms with Gasteiger partial charge >= 0.3 is 0 Å². The van der Waals surface area contributed by atoms with Crippen LogP contribution in [0, 0.1) is 5.92 Å². The Labute approximate surface area is 138 Å². The second-order valence-corrected chi connectivity index (χ2v) is 7.45. The first-order valence-corrected chi connectivity index (χ1v) is 9.01. The van der Waals surface area contributed by atoms with Crippen molar-refractivity contribution in [3.63, 3.8) is 0 Å². The molecule has 3 heterocycles. The van der Waals surface area contributed by atoms with Gasteiger partial charge in [-0.25, -0.2) is 0 Å². The fourth-order valence-corrected chi connectivity index (χ4v) is 5.00. The summed E-state index contributed by atoms with van der Waals surface area (Å²) >= 11 is 0. The third-order valence-electron chi connectivity index (χ3n) is 5.96. The molecule has 1 fully saturated rings. The zero-order valence-corrected chi connectivity index (χ0v) is 13.6. The first-order valence-electron chi connectivity index (χ1n) is 9.01. The fourth-order valence-electron chi connectivity index (χ4n) is 5.00. The molecular formula is C21H24N2. The summed E-state index contributed by atoms with van der Waals surface area (Å²) in [6.45, 7) is 6.10. The Morgan fingerprint density at radius 2 is 1.83 bits per heavy atom. The summed E-state index contributed by atoms with van der Waals surface area (Å²) in [6.07, 6.45) is 2.59. The summed E-state index contributed by atoms with van der Waals surface area (Å²) in [5.41, 5.74) is 6.27. The lowest BCUT2D eigenvalue weighted by atomic mass is 9.80. The molecule has 0 amide bonds. The van der Waals surface area contributed by atoms with Crippen LogP contribution < -0.4 is 4.90 Å². The van der Waals surface area contributed by atoms with E-state index in [1.807, 2.05) is 0 Å². The lowest BCUT2D eigenvalue weighted by molar-refractivity contribution is 0.316. The molecule has 3 aliphatic rings. The number of hydrogen-bond donors (Lipinski definition) is 0. The van der Waals surface area contributed by atoms with Gasteiger partial charge in [-0.2, -0.15) is 0 Å². The van der Waals surface area contributed by atoms with Crippen molar-refractivity contribution in [2.24, 2.45) is 5.92 Å². The van der Waals surface area contributed by atoms with Gasteiger partial charge in [0.25, 0.3) is 0 Å². The van der Waals surface area contributed by atoms with E-state index in [1.165, 1.54) is 44.6 Å². The third-order valence-corrected chi connectivity index (χ3v) is 5.96. The molecule has 3 aliphatic heterocycles. The van der Waals surface area contributed by atoms with Gasteiger partial charge in [0.15, 0.2) is 0 Å². The van der Waals surface area contributed by atoms with Gasteiger partial charge in [-0.05, 0) is 35.4 Å². The number of aryl methyl sites for hydroxylation is 1. The van der Waals surface area contributed by atoms with Gasteiger partial charge < -0.3 is 4.90 Å². The summed E-state index contributed by atoms with van der Waals surface area (Å²) in [4.78, 5) is 5.35. The molecule has 0 bridgehead atoms. The van der Waals surface area contributed by atoms with Crippen LogP contribution in [0.2, 0.25) is 0 Å². The molecule has 0 unspecified atom stereocenters. The van der Waals surface area contributed by atoms with E-state index in [-0.39, 0.29) is 0 Å². The van der Waals surface area contributed by atoms with Crippen LogP contribution in [0.4, 0.5) is 5.69 Å². The van der Waals surface area contributed by atoms with Crippen molar-refractivity contribution in [2.45, 2.75) is 25.3 Å². The zero-order chi connectivity index (χ0) is 15.2. The molecule has 0 aromatic heterocycles. The van der Waals surface area contributed by atoms with Crippen molar-refractivity contribution in [1.82, 2.24) is 4.90 Å². The second kappa shape index (κ2) is 5.38. The molecule has 2 aromatic rings. The highest BCUT2D eigenvalue weighted by Crippen LogP contribution is 2.46. The highest BCUT2D eigenvalue weighted by atomic mass is 15.2. The molecule has 23 heavy (non-hydrogen) atoms. The normalized spacial score (nSPS) is 26.0. The quantitative estimate of drug-likeness (QED) is 0.835. The van der Waals surface area contributed by atoms with Crippen LogP contribution in [-0.4, -0.2) is 31.1 Å². The molecule has 0 aliphatic carbocycles. The van der Waals surface area contributed by atoms with E-state index in [9.17, 15) is 0 Å². The Balaban J connectivity index is 1.43. The Morgan fingerprint density at radius 1 is 0.913 bits per heavy atom. The Hall–Kier alpha value is -1.80. The number of fused-ring (bicyclic) bond motifs is 2. The van der Waals surface area contributed by atoms with Crippen molar-refractivity contribution in [3.05, 3.63) is 65.2 Å². The maximum atomic E-state index is 2.68. The Bertz CT molecular complexity index is 709. The second-order valence-electron chi connectivity index (χ2n) is 7.45. The predicted molar refractivity (Wildman–Crippen MR) is 94.9 cm³/mol. The molecule has 118 valence electrons. The SMILES string of the molecule is c1ccc(CN2C[C@@H]3CN4CCCc5cccc(c54)[C@@H]3C2)cc1. The first-order chi connectivity index (χ1) is 11.4. The predicted octanol–water partition coefficient (Wildman–Crippen LogP) is 3.67. The van der Waals surface area contributed by atoms with Gasteiger partial charge in [-0.15, -0.1) is 0 Å². The molecule has 2 atom stereocenters. The standard InChI is InChI=1S/C21H24N2/c1-2-6-16(7-3-1)12-22-13-18-14-23-11-5-9-17-8-4-10-19(21(17)23)20(18)15-22/h1-4,6-8,10,18,20H,5,9,11-15H2/t18-,20-/m1/s1. The number of nitrogens with zero attached hydrogens (tertiary/aromatic N) is 2. The molecule has 0 radical (unpaired) electrons. The minimum atomic E-state index is 0.739. The lowest BCUT2D eigenvalue weighted by Gasteiger charge is -2.41. The number of para-hydroxylation sites is 1. The molecule has 0 spiro atoms. The van der Waals surface area contributed by atoms with Crippen LogP contribution in [0.1, 0.15) is 29.0 Å². The van der Waals surface area contributed by atoms with Crippen LogP contribution in [-0.2, 0) is 13.0 Å². The number of anilines is 1. The van der Waals surface area contributed by atoms with Crippen LogP contribution in [0.25, 0.3) is 0 Å². The Morgan fingerprint density at radius 3 is 2.74 bits per heavy atom. The van der Waals surface area contributed by atoms with Crippen LogP contribution in [0.15, 0.2) is 48.5 Å². The molecular weight excluding hydrogens is 280 g/mol. The van der Waals surface area contributed by atoms with Crippen molar-refractivity contribution >= 4 is 5.69 Å². The molecule has 0 N–H and O–H groups in total. The van der Waals surface area contributed by atoms with Gasteiger partial charge in [0.2, 0.25) is 0 Å². The maximum Gasteiger partial charge on any atom is 0.0434 e. The van der Waals surface area contributed by atoms with Gasteiger partial charge in [-0.1, -0.05) is 48.5 Å². The summed E-state index contributed by atoms with van der Waals surface area (Å²) in [7, 11) is 0. The number of hydrogen-bond acceptors (Lipinski definition) is 2. The molecule has 5 rings (SSSR count). The molecule has 0 saturated carbocycles. The smallest absolute Gasteiger partial charge is 0.0434 e. The van der Waals surface area contributed by atoms with E-state index >= 15 is 0 Å². The average molecular weight is 304 g/mol. The van der Waals surface area contributed by atoms with E-state index in [0.29, 0.717) is 0 Å². The summed E-state index contributed by atoms with van der Waals surface area (Å²) in [5.74, 6) is 1.54.